The average Bonchev–Trinajstić information content (AvgIpc) is 2.76. The van der Waals surface area contributed by atoms with Crippen molar-refractivity contribution in [3.8, 4) is 0 Å². The smallest absolute Gasteiger partial charge is 0.240 e. The monoisotopic (exact) mass is 296 g/mol. The predicted molar refractivity (Wildman–Crippen MR) is 80.0 cm³/mol. The summed E-state index contributed by atoms with van der Waals surface area (Å²) in [5.74, 6) is 0.0120. The van der Waals surface area contributed by atoms with Crippen molar-refractivity contribution in [3.05, 3.63) is 11.8 Å². The fourth-order valence-corrected chi connectivity index (χ4v) is 1.54. The van der Waals surface area contributed by atoms with Gasteiger partial charge in [-0.15, -0.1) is 0 Å². The van der Waals surface area contributed by atoms with Gasteiger partial charge < -0.3 is 9.42 Å². The van der Waals surface area contributed by atoms with Crippen molar-refractivity contribution < 1.29 is 14.1 Å². The van der Waals surface area contributed by atoms with Gasteiger partial charge in [0.05, 0.1) is 18.8 Å². The summed E-state index contributed by atoms with van der Waals surface area (Å²) in [6.45, 7) is 6.32. The van der Waals surface area contributed by atoms with Crippen molar-refractivity contribution in [2.75, 3.05) is 39.5 Å². The Morgan fingerprint density at radius 2 is 1.86 bits per heavy atom. The van der Waals surface area contributed by atoms with Crippen LogP contribution in [0.25, 0.3) is 0 Å². The van der Waals surface area contributed by atoms with Gasteiger partial charge in [0, 0.05) is 25.6 Å². The van der Waals surface area contributed by atoms with Crippen LogP contribution >= 0.6 is 0 Å². The predicted octanol–water partition coefficient (Wildman–Crippen LogP) is 0.931. The topological polar surface area (TPSA) is 78.7 Å². The number of hydrogen-bond donors (Lipinski definition) is 1. The number of rotatable bonds is 5. The minimum Gasteiger partial charge on any atom is -0.348 e. The highest BCUT2D eigenvalue weighted by atomic mass is 16.5. The van der Waals surface area contributed by atoms with Crippen LogP contribution in [-0.4, -0.2) is 61.0 Å². The number of amides is 2. The highest BCUT2D eigenvalue weighted by Crippen LogP contribution is 2.23. The maximum atomic E-state index is 11.9. The number of aromatic nitrogens is 1. The lowest BCUT2D eigenvalue weighted by Gasteiger charge is -2.17. The molecule has 0 bridgehead atoms. The summed E-state index contributed by atoms with van der Waals surface area (Å²) in [4.78, 5) is 26.5. The molecule has 0 radical (unpaired) electrons. The molecule has 0 saturated carbocycles. The van der Waals surface area contributed by atoms with E-state index >= 15 is 0 Å². The second kappa shape index (κ2) is 6.71. The van der Waals surface area contributed by atoms with E-state index in [1.807, 2.05) is 20.8 Å². The van der Waals surface area contributed by atoms with Crippen molar-refractivity contribution >= 4 is 17.7 Å². The molecule has 0 aliphatic rings. The fraction of sp³-hybridized carbons (Fsp3) is 0.643. The Kier molecular flexibility index (Phi) is 5.48. The van der Waals surface area contributed by atoms with Crippen molar-refractivity contribution in [1.29, 1.82) is 0 Å². The summed E-state index contributed by atoms with van der Waals surface area (Å²) in [5.41, 5.74) is 0.635. The van der Waals surface area contributed by atoms with Crippen LogP contribution in [0.2, 0.25) is 0 Å². The van der Waals surface area contributed by atoms with Gasteiger partial charge in [-0.2, -0.15) is 0 Å². The molecule has 1 aromatic rings. The molecule has 0 spiro atoms. The largest absolute Gasteiger partial charge is 0.348 e. The van der Waals surface area contributed by atoms with Crippen LogP contribution in [0, 0.1) is 0 Å². The van der Waals surface area contributed by atoms with Gasteiger partial charge in [-0.1, -0.05) is 25.9 Å². The molecule has 7 nitrogen and oxygen atoms in total. The van der Waals surface area contributed by atoms with Crippen molar-refractivity contribution in [2.45, 2.75) is 26.2 Å². The van der Waals surface area contributed by atoms with Crippen molar-refractivity contribution in [2.24, 2.45) is 0 Å². The zero-order chi connectivity index (χ0) is 16.2. The maximum absolute atomic E-state index is 11.9. The van der Waals surface area contributed by atoms with E-state index < -0.39 is 0 Å². The molecule has 2 amide bonds. The van der Waals surface area contributed by atoms with Gasteiger partial charge in [0.1, 0.15) is 0 Å². The lowest BCUT2D eigenvalue weighted by atomic mass is 9.92. The second-order valence-corrected chi connectivity index (χ2v) is 6.34. The molecule has 0 fully saturated rings. The van der Waals surface area contributed by atoms with E-state index in [0.29, 0.717) is 5.88 Å². The van der Waals surface area contributed by atoms with Gasteiger partial charge in [-0.3, -0.25) is 19.8 Å². The number of anilines is 1. The van der Waals surface area contributed by atoms with Crippen LogP contribution in [0.5, 0.6) is 0 Å². The molecule has 0 aromatic carbocycles. The van der Waals surface area contributed by atoms with Gasteiger partial charge in [-0.25, -0.2) is 0 Å². The number of likely N-dealkylation sites (N-methyl/N-ethyl adjacent to an activating group) is 2. The Labute approximate surface area is 125 Å². The molecule has 0 atom stereocenters. The van der Waals surface area contributed by atoms with Crippen molar-refractivity contribution in [1.82, 2.24) is 15.0 Å². The number of hydrogen-bond acceptors (Lipinski definition) is 5. The van der Waals surface area contributed by atoms with Crippen LogP contribution < -0.4 is 5.32 Å². The maximum Gasteiger partial charge on any atom is 0.240 e. The first-order chi connectivity index (χ1) is 9.59. The molecule has 7 heteroatoms. The highest BCUT2D eigenvalue weighted by molar-refractivity contribution is 5.91. The van der Waals surface area contributed by atoms with E-state index in [-0.39, 0.29) is 30.3 Å². The van der Waals surface area contributed by atoms with Crippen LogP contribution in [0.3, 0.4) is 0 Å². The van der Waals surface area contributed by atoms with E-state index in [4.69, 9.17) is 4.52 Å². The van der Waals surface area contributed by atoms with E-state index in [0.717, 1.165) is 5.69 Å². The standard InChI is InChI=1S/C14H24N4O3/c1-14(2,3)10-7-12(21-16-10)15-11(19)8-18(6)9-13(20)17(4)5/h7H,8-9H2,1-6H3,(H,15,19). The van der Waals surface area contributed by atoms with Gasteiger partial charge in [0.15, 0.2) is 0 Å². The van der Waals surface area contributed by atoms with Crippen molar-refractivity contribution in [3.63, 3.8) is 0 Å². The quantitative estimate of drug-likeness (QED) is 0.874. The van der Waals surface area contributed by atoms with E-state index in [9.17, 15) is 9.59 Å². The van der Waals surface area contributed by atoms with Gasteiger partial charge in [0.2, 0.25) is 17.7 Å². The summed E-state index contributed by atoms with van der Waals surface area (Å²) >= 11 is 0. The molecule has 1 N–H and O–H groups in total. The first-order valence-electron chi connectivity index (χ1n) is 6.75. The lowest BCUT2D eigenvalue weighted by Crippen LogP contribution is -2.38. The van der Waals surface area contributed by atoms with E-state index in [1.165, 1.54) is 4.90 Å². The zero-order valence-electron chi connectivity index (χ0n) is 13.6. The normalized spacial score (nSPS) is 11.6. The minimum atomic E-state index is -0.249. The summed E-state index contributed by atoms with van der Waals surface area (Å²) in [6.07, 6.45) is 0. The third-order valence-corrected chi connectivity index (χ3v) is 2.86. The summed E-state index contributed by atoms with van der Waals surface area (Å²) in [6, 6.07) is 1.71. The molecule has 21 heavy (non-hydrogen) atoms. The van der Waals surface area contributed by atoms with E-state index in [1.54, 1.807) is 32.1 Å². The first kappa shape index (κ1) is 17.2. The van der Waals surface area contributed by atoms with Gasteiger partial charge in [-0.05, 0) is 7.05 Å². The molecule has 0 aliphatic carbocycles. The van der Waals surface area contributed by atoms with Crippen LogP contribution in [0.1, 0.15) is 26.5 Å². The Morgan fingerprint density at radius 3 is 2.33 bits per heavy atom. The molecule has 118 valence electrons. The Bertz CT molecular complexity index is 503. The molecule has 0 unspecified atom stereocenters. The Hall–Kier alpha value is -1.89. The number of carbonyl (C=O) groups is 2. The summed E-state index contributed by atoms with van der Waals surface area (Å²) in [7, 11) is 5.07. The zero-order valence-corrected chi connectivity index (χ0v) is 13.6. The van der Waals surface area contributed by atoms with Gasteiger partial charge in [0.25, 0.3) is 0 Å². The lowest BCUT2D eigenvalue weighted by molar-refractivity contribution is -0.130. The highest BCUT2D eigenvalue weighted by Gasteiger charge is 2.20. The first-order valence-corrected chi connectivity index (χ1v) is 6.75. The molecule has 1 rings (SSSR count). The van der Waals surface area contributed by atoms with Crippen LogP contribution in [0.15, 0.2) is 10.6 Å². The molecular formula is C14H24N4O3. The fourth-order valence-electron chi connectivity index (χ4n) is 1.54. The summed E-state index contributed by atoms with van der Waals surface area (Å²) < 4.78 is 5.09. The number of nitrogens with one attached hydrogen (secondary N) is 1. The molecular weight excluding hydrogens is 272 g/mol. The average molecular weight is 296 g/mol. The van der Waals surface area contributed by atoms with Crippen LogP contribution in [-0.2, 0) is 15.0 Å². The molecule has 1 heterocycles. The number of carbonyl (C=O) groups excluding carboxylic acids is 2. The SMILES string of the molecule is CN(CC(=O)Nc1cc(C(C)(C)C)no1)CC(=O)N(C)C. The van der Waals surface area contributed by atoms with Crippen LogP contribution in [0.4, 0.5) is 5.88 Å². The summed E-state index contributed by atoms with van der Waals surface area (Å²) in [5, 5.41) is 6.56. The molecule has 0 aliphatic heterocycles. The van der Waals surface area contributed by atoms with Gasteiger partial charge >= 0.3 is 0 Å². The Balaban J connectivity index is 2.50. The third-order valence-electron chi connectivity index (χ3n) is 2.86. The minimum absolute atomic E-state index is 0.0556. The third kappa shape index (κ3) is 5.55. The molecule has 1 aromatic heterocycles. The Morgan fingerprint density at radius 1 is 1.24 bits per heavy atom. The second-order valence-electron chi connectivity index (χ2n) is 6.34. The number of nitrogens with zero attached hydrogens (tertiary/aromatic N) is 3. The molecule has 0 saturated heterocycles. The van der Waals surface area contributed by atoms with E-state index in [2.05, 4.69) is 10.5 Å².